The minimum atomic E-state index is 0.480. The zero-order valence-corrected chi connectivity index (χ0v) is 10.6. The number of rotatable bonds is 3. The van der Waals surface area contributed by atoms with Crippen LogP contribution >= 0.6 is 0 Å². The van der Waals surface area contributed by atoms with Crippen LogP contribution in [0.15, 0.2) is 12.1 Å². The number of anilines is 1. The number of hydrogen-bond acceptors (Lipinski definition) is 4. The summed E-state index contributed by atoms with van der Waals surface area (Å²) in [5, 5.41) is 0. The van der Waals surface area contributed by atoms with E-state index in [1.807, 2.05) is 12.1 Å². The van der Waals surface area contributed by atoms with Crippen molar-refractivity contribution >= 4 is 17.0 Å². The van der Waals surface area contributed by atoms with Crippen LogP contribution in [0, 0.1) is 0 Å². The topological polar surface area (TPSA) is 62.3 Å². The quantitative estimate of drug-likeness (QED) is 0.904. The van der Waals surface area contributed by atoms with E-state index in [1.165, 1.54) is 19.3 Å². The van der Waals surface area contributed by atoms with Crippen LogP contribution in [-0.4, -0.2) is 23.8 Å². The highest BCUT2D eigenvalue weighted by atomic mass is 16.5. The predicted molar refractivity (Wildman–Crippen MR) is 70.1 cm³/mol. The average molecular weight is 247 g/mol. The van der Waals surface area contributed by atoms with Gasteiger partial charge in [-0.15, -0.1) is 0 Å². The van der Waals surface area contributed by atoms with Crippen molar-refractivity contribution in [3.8, 4) is 11.5 Å². The van der Waals surface area contributed by atoms with Crippen molar-refractivity contribution in [2.75, 3.05) is 20.0 Å². The van der Waals surface area contributed by atoms with Gasteiger partial charge in [0.05, 0.1) is 25.3 Å². The first-order valence-electron chi connectivity index (χ1n) is 6.14. The van der Waals surface area contributed by atoms with Gasteiger partial charge in [-0.3, -0.25) is 0 Å². The van der Waals surface area contributed by atoms with Crippen molar-refractivity contribution in [3.05, 3.63) is 12.1 Å². The largest absolute Gasteiger partial charge is 0.493 e. The summed E-state index contributed by atoms with van der Waals surface area (Å²) in [6, 6.07) is 4.31. The predicted octanol–water partition coefficient (Wildman–Crippen LogP) is 2.36. The smallest absolute Gasteiger partial charge is 0.201 e. The Labute approximate surface area is 106 Å². The number of nitrogen functional groups attached to an aromatic ring is 1. The molecule has 0 atom stereocenters. The van der Waals surface area contributed by atoms with Crippen LogP contribution in [0.5, 0.6) is 11.5 Å². The van der Waals surface area contributed by atoms with Crippen LogP contribution in [0.2, 0.25) is 0 Å². The van der Waals surface area contributed by atoms with Gasteiger partial charge in [0.15, 0.2) is 11.5 Å². The molecule has 0 saturated heterocycles. The van der Waals surface area contributed by atoms with Crippen LogP contribution < -0.4 is 15.2 Å². The Morgan fingerprint density at radius 3 is 2.44 bits per heavy atom. The summed E-state index contributed by atoms with van der Waals surface area (Å²) in [6.45, 7) is 0. The second-order valence-electron chi connectivity index (χ2n) is 4.62. The summed E-state index contributed by atoms with van der Waals surface area (Å²) >= 11 is 0. The Kier molecular flexibility index (Phi) is 2.54. The van der Waals surface area contributed by atoms with E-state index in [2.05, 4.69) is 9.55 Å². The third-order valence-electron chi connectivity index (χ3n) is 3.66. The number of nitrogens with zero attached hydrogens (tertiary/aromatic N) is 2. The number of hydrogen-bond donors (Lipinski definition) is 1. The fourth-order valence-corrected chi connectivity index (χ4v) is 2.47. The summed E-state index contributed by atoms with van der Waals surface area (Å²) in [5.41, 5.74) is 7.90. The number of ether oxygens (including phenoxy) is 2. The van der Waals surface area contributed by atoms with Gasteiger partial charge in [0, 0.05) is 18.2 Å². The van der Waals surface area contributed by atoms with Gasteiger partial charge in [-0.2, -0.15) is 0 Å². The van der Waals surface area contributed by atoms with Crippen LogP contribution in [-0.2, 0) is 0 Å². The Morgan fingerprint density at radius 1 is 1.22 bits per heavy atom. The second kappa shape index (κ2) is 4.08. The van der Waals surface area contributed by atoms with E-state index >= 15 is 0 Å². The molecule has 18 heavy (non-hydrogen) atoms. The molecule has 1 saturated carbocycles. The first kappa shape index (κ1) is 11.2. The molecule has 5 nitrogen and oxygen atoms in total. The molecule has 96 valence electrons. The van der Waals surface area contributed by atoms with E-state index in [0.717, 1.165) is 11.0 Å². The standard InChI is InChI=1S/C13H17N3O2/c1-17-11-6-9-10(7-12(11)18-2)16(13(14)15-9)8-4-3-5-8/h6-8H,3-5H2,1-2H3,(H2,14,15). The molecular formula is C13H17N3O2. The molecule has 1 aromatic heterocycles. The summed E-state index contributed by atoms with van der Waals surface area (Å²) in [5.74, 6) is 1.97. The number of fused-ring (bicyclic) bond motifs is 1. The van der Waals surface area contributed by atoms with Crippen molar-refractivity contribution in [2.24, 2.45) is 0 Å². The molecule has 0 aliphatic heterocycles. The van der Waals surface area contributed by atoms with E-state index in [1.54, 1.807) is 14.2 Å². The molecule has 1 heterocycles. The molecule has 5 heteroatoms. The fourth-order valence-electron chi connectivity index (χ4n) is 2.47. The summed E-state index contributed by atoms with van der Waals surface area (Å²) in [6.07, 6.45) is 3.60. The van der Waals surface area contributed by atoms with Gasteiger partial charge in [0.1, 0.15) is 0 Å². The molecule has 0 bridgehead atoms. The third-order valence-corrected chi connectivity index (χ3v) is 3.66. The van der Waals surface area contributed by atoms with Crippen LogP contribution in [0.25, 0.3) is 11.0 Å². The van der Waals surface area contributed by atoms with Crippen LogP contribution in [0.3, 0.4) is 0 Å². The maximum Gasteiger partial charge on any atom is 0.201 e. The molecule has 2 aromatic rings. The van der Waals surface area contributed by atoms with Crippen molar-refractivity contribution in [2.45, 2.75) is 25.3 Å². The highest BCUT2D eigenvalue weighted by Crippen LogP contribution is 2.39. The van der Waals surface area contributed by atoms with Gasteiger partial charge in [0.2, 0.25) is 5.95 Å². The Bertz CT molecular complexity index is 587. The van der Waals surface area contributed by atoms with Gasteiger partial charge < -0.3 is 19.8 Å². The molecule has 3 rings (SSSR count). The van der Waals surface area contributed by atoms with Crippen molar-refractivity contribution in [1.29, 1.82) is 0 Å². The van der Waals surface area contributed by atoms with Gasteiger partial charge >= 0.3 is 0 Å². The molecule has 1 aromatic carbocycles. The molecular weight excluding hydrogens is 230 g/mol. The Hall–Kier alpha value is -1.91. The second-order valence-corrected chi connectivity index (χ2v) is 4.62. The van der Waals surface area contributed by atoms with Gasteiger partial charge in [0.25, 0.3) is 0 Å². The zero-order chi connectivity index (χ0) is 12.7. The lowest BCUT2D eigenvalue weighted by Crippen LogP contribution is -2.18. The lowest BCUT2D eigenvalue weighted by Gasteiger charge is -2.28. The molecule has 1 aliphatic rings. The number of benzene rings is 1. The van der Waals surface area contributed by atoms with Crippen LogP contribution in [0.4, 0.5) is 5.95 Å². The summed E-state index contributed by atoms with van der Waals surface area (Å²) < 4.78 is 12.7. The fraction of sp³-hybridized carbons (Fsp3) is 0.462. The maximum atomic E-state index is 6.02. The van der Waals surface area contributed by atoms with E-state index in [0.29, 0.717) is 23.5 Å². The summed E-state index contributed by atoms with van der Waals surface area (Å²) in [7, 11) is 3.26. The third kappa shape index (κ3) is 1.50. The van der Waals surface area contributed by atoms with E-state index in [4.69, 9.17) is 15.2 Å². The Morgan fingerprint density at radius 2 is 1.89 bits per heavy atom. The van der Waals surface area contributed by atoms with Gasteiger partial charge in [-0.05, 0) is 19.3 Å². The maximum absolute atomic E-state index is 6.02. The number of nitrogens with two attached hydrogens (primary N) is 1. The number of imidazole rings is 1. The molecule has 1 aliphatic carbocycles. The van der Waals surface area contributed by atoms with Gasteiger partial charge in [-0.25, -0.2) is 4.98 Å². The number of aromatic nitrogens is 2. The van der Waals surface area contributed by atoms with Crippen molar-refractivity contribution < 1.29 is 9.47 Å². The van der Waals surface area contributed by atoms with Gasteiger partial charge in [-0.1, -0.05) is 0 Å². The SMILES string of the molecule is COc1cc2nc(N)n(C3CCC3)c2cc1OC. The monoisotopic (exact) mass is 247 g/mol. The summed E-state index contributed by atoms with van der Waals surface area (Å²) in [4.78, 5) is 4.41. The van der Waals surface area contributed by atoms with Crippen molar-refractivity contribution in [3.63, 3.8) is 0 Å². The molecule has 0 amide bonds. The lowest BCUT2D eigenvalue weighted by molar-refractivity contribution is 0.323. The highest BCUT2D eigenvalue weighted by molar-refractivity contribution is 5.82. The van der Waals surface area contributed by atoms with E-state index in [9.17, 15) is 0 Å². The van der Waals surface area contributed by atoms with Crippen molar-refractivity contribution in [1.82, 2.24) is 9.55 Å². The first-order chi connectivity index (χ1) is 8.74. The van der Waals surface area contributed by atoms with E-state index < -0.39 is 0 Å². The molecule has 0 radical (unpaired) electrons. The molecule has 1 fully saturated rings. The van der Waals surface area contributed by atoms with Crippen LogP contribution in [0.1, 0.15) is 25.3 Å². The highest BCUT2D eigenvalue weighted by Gasteiger charge is 2.24. The first-order valence-corrected chi connectivity index (χ1v) is 6.14. The average Bonchev–Trinajstić information content (AvgIpc) is 2.62. The normalized spacial score (nSPS) is 15.7. The molecule has 0 spiro atoms. The number of methoxy groups -OCH3 is 2. The Balaban J connectivity index is 2.21. The van der Waals surface area contributed by atoms with E-state index in [-0.39, 0.29) is 0 Å². The molecule has 0 unspecified atom stereocenters. The minimum Gasteiger partial charge on any atom is -0.493 e. The minimum absolute atomic E-state index is 0.480. The lowest BCUT2D eigenvalue weighted by atomic mass is 9.93. The zero-order valence-electron chi connectivity index (χ0n) is 10.6. The molecule has 2 N–H and O–H groups in total.